The minimum atomic E-state index is -1.62. The number of benzene rings is 3. The third-order valence-corrected chi connectivity index (χ3v) is 9.68. The van der Waals surface area contributed by atoms with Crippen LogP contribution in [0, 0.1) is 5.41 Å². The van der Waals surface area contributed by atoms with Gasteiger partial charge in [0, 0.05) is 22.7 Å². The average Bonchev–Trinajstić information content (AvgIpc) is 3.73. The van der Waals surface area contributed by atoms with E-state index >= 15 is 0 Å². The predicted molar refractivity (Wildman–Crippen MR) is 161 cm³/mol. The lowest BCUT2D eigenvalue weighted by Crippen LogP contribution is -2.48. The first-order chi connectivity index (χ1) is 20.5. The number of Topliss-reactive ketones (excluding diaryl/α,β-unsaturated/α-hetero) is 3. The van der Waals surface area contributed by atoms with Gasteiger partial charge in [0.1, 0.15) is 11.5 Å². The number of hydrogen-bond acceptors (Lipinski definition) is 8. The van der Waals surface area contributed by atoms with Gasteiger partial charge in [0.15, 0.2) is 28.8 Å². The van der Waals surface area contributed by atoms with Gasteiger partial charge in [0.05, 0.1) is 32.2 Å². The SMILES string of the molecule is COc1cc([C@@H]2[C@H](C(=O)c3cccs3)N3c4ccccc4C=C[C@@H]3C23C(=O)c2ccccc2C3=O)cc(OC)c1OC. The monoisotopic (exact) mass is 577 g/mol. The molecule has 0 unspecified atom stereocenters. The van der Waals surface area contributed by atoms with Gasteiger partial charge in [-0.3, -0.25) is 14.4 Å². The van der Waals surface area contributed by atoms with Crippen molar-refractivity contribution >= 4 is 40.4 Å². The molecule has 0 N–H and O–H groups in total. The van der Waals surface area contributed by atoms with Gasteiger partial charge in [-0.1, -0.05) is 60.7 Å². The van der Waals surface area contributed by atoms with Crippen molar-refractivity contribution in [1.29, 1.82) is 0 Å². The molecule has 8 heteroatoms. The van der Waals surface area contributed by atoms with Crippen molar-refractivity contribution in [1.82, 2.24) is 0 Å². The summed E-state index contributed by atoms with van der Waals surface area (Å²) in [6, 6.07) is 20.3. The van der Waals surface area contributed by atoms with Crippen LogP contribution in [0.25, 0.3) is 6.08 Å². The van der Waals surface area contributed by atoms with Gasteiger partial charge in [-0.15, -0.1) is 11.3 Å². The molecular formula is C34H27NO6S. The number of methoxy groups -OCH3 is 3. The lowest BCUT2D eigenvalue weighted by Gasteiger charge is -2.37. The van der Waals surface area contributed by atoms with Gasteiger partial charge < -0.3 is 19.1 Å². The number of carbonyl (C=O) groups is 3. The quantitative estimate of drug-likeness (QED) is 0.203. The zero-order valence-electron chi connectivity index (χ0n) is 23.2. The minimum Gasteiger partial charge on any atom is -0.493 e. The van der Waals surface area contributed by atoms with Crippen molar-refractivity contribution in [2.75, 3.05) is 26.2 Å². The van der Waals surface area contributed by atoms with Gasteiger partial charge in [-0.25, -0.2) is 0 Å². The summed E-state index contributed by atoms with van der Waals surface area (Å²) in [6.07, 6.45) is 3.86. The van der Waals surface area contributed by atoms with Gasteiger partial charge in [-0.05, 0) is 40.8 Å². The maximum atomic E-state index is 14.8. The molecule has 1 saturated heterocycles. The number of hydrogen-bond donors (Lipinski definition) is 0. The van der Waals surface area contributed by atoms with E-state index < -0.39 is 23.4 Å². The minimum absolute atomic E-state index is 0.160. The van der Waals surface area contributed by atoms with Crippen molar-refractivity contribution in [3.8, 4) is 17.2 Å². The number of rotatable bonds is 6. The van der Waals surface area contributed by atoms with Crippen LogP contribution < -0.4 is 19.1 Å². The Morgan fingerprint density at radius 2 is 1.48 bits per heavy atom. The van der Waals surface area contributed by atoms with Crippen LogP contribution in [0.1, 0.15) is 47.4 Å². The summed E-state index contributed by atoms with van der Waals surface area (Å²) in [5.41, 5.74) is 1.41. The first kappa shape index (κ1) is 26.2. The van der Waals surface area contributed by atoms with Crippen molar-refractivity contribution in [3.63, 3.8) is 0 Å². The van der Waals surface area contributed by atoms with E-state index in [9.17, 15) is 14.4 Å². The Bertz CT molecular complexity index is 1730. The summed E-state index contributed by atoms with van der Waals surface area (Å²) in [7, 11) is 4.55. The van der Waals surface area contributed by atoms with E-state index in [-0.39, 0.29) is 17.3 Å². The highest BCUT2D eigenvalue weighted by molar-refractivity contribution is 7.12. The number of para-hydroxylation sites is 1. The second-order valence-electron chi connectivity index (χ2n) is 10.6. The first-order valence-corrected chi connectivity index (χ1v) is 14.5. The molecule has 0 amide bonds. The number of carbonyl (C=O) groups excluding carboxylic acids is 3. The maximum Gasteiger partial charge on any atom is 0.203 e. The highest BCUT2D eigenvalue weighted by atomic mass is 32.1. The molecule has 210 valence electrons. The molecule has 2 aliphatic heterocycles. The molecule has 7 rings (SSSR count). The molecular weight excluding hydrogens is 550 g/mol. The number of nitrogens with zero attached hydrogens (tertiary/aromatic N) is 1. The zero-order valence-corrected chi connectivity index (χ0v) is 24.0. The molecule has 3 aliphatic rings. The Balaban J connectivity index is 1.58. The van der Waals surface area contributed by atoms with Crippen molar-refractivity contribution in [2.24, 2.45) is 5.41 Å². The topological polar surface area (TPSA) is 82.1 Å². The normalized spacial score (nSPS) is 21.2. The molecule has 1 aromatic heterocycles. The van der Waals surface area contributed by atoms with Crippen LogP contribution in [0.3, 0.4) is 0 Å². The standard InChI is InChI=1S/C34H27NO6S/c1-39-24-17-20(18-25(40-2)31(24)41-3)28-29(30(36)26-13-8-16-42-26)35-23-12-7-4-9-19(23)14-15-27(35)34(28)32(37)21-10-5-6-11-22(21)33(34)38/h4-18,27-29H,1-3H3/t27-,28-,29-/m1/s1. The molecule has 3 heterocycles. The van der Waals surface area contributed by atoms with Crippen molar-refractivity contribution in [3.05, 3.63) is 111 Å². The summed E-state index contributed by atoms with van der Waals surface area (Å²) in [4.78, 5) is 46.8. The summed E-state index contributed by atoms with van der Waals surface area (Å²) in [5, 5.41) is 1.86. The van der Waals surface area contributed by atoms with E-state index in [1.807, 2.05) is 52.8 Å². The third kappa shape index (κ3) is 3.35. The lowest BCUT2D eigenvalue weighted by atomic mass is 9.64. The predicted octanol–water partition coefficient (Wildman–Crippen LogP) is 6.09. The number of thiophene rings is 1. The van der Waals surface area contributed by atoms with Crippen LogP contribution in [0.4, 0.5) is 5.69 Å². The zero-order chi connectivity index (χ0) is 29.2. The van der Waals surface area contributed by atoms with Crippen LogP contribution in [0.5, 0.6) is 17.2 Å². The Kier molecular flexibility index (Phi) is 6.06. The van der Waals surface area contributed by atoms with Gasteiger partial charge in [0.2, 0.25) is 5.75 Å². The van der Waals surface area contributed by atoms with Gasteiger partial charge >= 0.3 is 0 Å². The van der Waals surface area contributed by atoms with E-state index in [0.29, 0.717) is 38.8 Å². The molecule has 7 nitrogen and oxygen atoms in total. The number of fused-ring (bicyclic) bond motifs is 5. The number of anilines is 1. The molecule has 0 radical (unpaired) electrons. The summed E-state index contributed by atoms with van der Waals surface area (Å²) in [5.74, 6) is -0.487. The Labute approximate surface area is 247 Å². The Morgan fingerprint density at radius 1 is 0.833 bits per heavy atom. The van der Waals surface area contributed by atoms with Crippen molar-refractivity contribution in [2.45, 2.75) is 18.0 Å². The van der Waals surface area contributed by atoms with E-state index in [1.165, 1.54) is 32.7 Å². The fourth-order valence-corrected chi connectivity index (χ4v) is 7.83. The largest absolute Gasteiger partial charge is 0.493 e. The van der Waals surface area contributed by atoms with E-state index in [0.717, 1.165) is 11.3 Å². The van der Waals surface area contributed by atoms with Crippen LogP contribution in [-0.4, -0.2) is 50.8 Å². The van der Waals surface area contributed by atoms with Crippen LogP contribution in [-0.2, 0) is 0 Å². The molecule has 0 saturated carbocycles. The highest BCUT2D eigenvalue weighted by Gasteiger charge is 2.71. The second kappa shape index (κ2) is 9.70. The maximum absolute atomic E-state index is 14.8. The molecule has 42 heavy (non-hydrogen) atoms. The smallest absolute Gasteiger partial charge is 0.203 e. The van der Waals surface area contributed by atoms with E-state index in [4.69, 9.17) is 14.2 Å². The van der Waals surface area contributed by atoms with Crippen LogP contribution in [0.15, 0.2) is 84.3 Å². The molecule has 1 aliphatic carbocycles. The summed E-state index contributed by atoms with van der Waals surface area (Å²) in [6.45, 7) is 0. The molecule has 3 atom stereocenters. The summed E-state index contributed by atoms with van der Waals surface area (Å²) < 4.78 is 17.0. The highest BCUT2D eigenvalue weighted by Crippen LogP contribution is 2.62. The average molecular weight is 578 g/mol. The lowest BCUT2D eigenvalue weighted by molar-refractivity contribution is 0.0665. The molecule has 0 bridgehead atoms. The molecule has 1 fully saturated rings. The van der Waals surface area contributed by atoms with Crippen molar-refractivity contribution < 1.29 is 28.6 Å². The third-order valence-electron chi connectivity index (χ3n) is 8.79. The second-order valence-corrected chi connectivity index (χ2v) is 11.5. The Hall–Kier alpha value is -4.69. The summed E-state index contributed by atoms with van der Waals surface area (Å²) >= 11 is 1.34. The van der Waals surface area contributed by atoms with E-state index in [2.05, 4.69) is 0 Å². The number of ketones is 3. The van der Waals surface area contributed by atoms with Gasteiger partial charge in [0.25, 0.3) is 0 Å². The van der Waals surface area contributed by atoms with Crippen LogP contribution in [0.2, 0.25) is 0 Å². The fraction of sp³-hybridized carbons (Fsp3) is 0.206. The molecule has 3 aromatic carbocycles. The molecule has 1 spiro atoms. The Morgan fingerprint density at radius 3 is 2.07 bits per heavy atom. The van der Waals surface area contributed by atoms with Crippen LogP contribution >= 0.6 is 11.3 Å². The molecule has 4 aromatic rings. The number of ether oxygens (including phenoxy) is 3. The van der Waals surface area contributed by atoms with Gasteiger partial charge in [-0.2, -0.15) is 0 Å². The van der Waals surface area contributed by atoms with E-state index in [1.54, 1.807) is 42.5 Å². The fourth-order valence-electron chi connectivity index (χ4n) is 7.14. The first-order valence-electron chi connectivity index (χ1n) is 13.6.